The average Bonchev–Trinajstić information content (AvgIpc) is 2.06. The molecule has 0 fully saturated rings. The number of nitriles is 2. The Hall–Kier alpha value is -1.94. The van der Waals surface area contributed by atoms with Crippen LogP contribution in [0.2, 0.25) is 0 Å². The number of hydrogen-bond acceptors (Lipinski definition) is 4. The van der Waals surface area contributed by atoms with Gasteiger partial charge in [0.05, 0.1) is 18.2 Å². The molecule has 11 heavy (non-hydrogen) atoms. The van der Waals surface area contributed by atoms with E-state index in [0.29, 0.717) is 11.4 Å². The quantitative estimate of drug-likeness (QED) is 0.572. The molecular formula is C7H4N4. The van der Waals surface area contributed by atoms with E-state index in [2.05, 4.69) is 9.97 Å². The van der Waals surface area contributed by atoms with Crippen molar-refractivity contribution in [2.24, 2.45) is 0 Å². The summed E-state index contributed by atoms with van der Waals surface area (Å²) in [7, 11) is 0. The summed E-state index contributed by atoms with van der Waals surface area (Å²) >= 11 is 0. The molecule has 0 bridgehead atoms. The van der Waals surface area contributed by atoms with Crippen LogP contribution in [0.3, 0.4) is 0 Å². The van der Waals surface area contributed by atoms with E-state index in [1.165, 1.54) is 12.4 Å². The van der Waals surface area contributed by atoms with E-state index in [1.807, 2.05) is 12.1 Å². The molecule has 0 N–H and O–H groups in total. The summed E-state index contributed by atoms with van der Waals surface area (Å²) in [4.78, 5) is 7.45. The van der Waals surface area contributed by atoms with Crippen LogP contribution in [0.5, 0.6) is 0 Å². The second-order valence-electron chi connectivity index (χ2n) is 1.84. The van der Waals surface area contributed by atoms with Crippen molar-refractivity contribution in [3.8, 4) is 12.1 Å². The van der Waals surface area contributed by atoms with E-state index < -0.39 is 0 Å². The van der Waals surface area contributed by atoms with Crippen LogP contribution < -0.4 is 0 Å². The number of hydrogen-bond donors (Lipinski definition) is 0. The first-order valence-electron chi connectivity index (χ1n) is 2.95. The van der Waals surface area contributed by atoms with Gasteiger partial charge in [-0.3, -0.25) is 0 Å². The van der Waals surface area contributed by atoms with E-state index in [0.717, 1.165) is 0 Å². The van der Waals surface area contributed by atoms with Crippen LogP contribution in [0.1, 0.15) is 11.4 Å². The molecular weight excluding hydrogens is 140 g/mol. The maximum absolute atomic E-state index is 8.41. The smallest absolute Gasteiger partial charge is 0.144 e. The molecule has 0 atom stereocenters. The van der Waals surface area contributed by atoms with Crippen LogP contribution in [0.25, 0.3) is 0 Å². The Bertz CT molecular complexity index is 331. The van der Waals surface area contributed by atoms with Crippen molar-refractivity contribution in [3.63, 3.8) is 0 Å². The number of aromatic nitrogens is 2. The summed E-state index contributed by atoms with van der Waals surface area (Å²) in [6, 6.07) is 5.30. The monoisotopic (exact) mass is 144 g/mol. The molecule has 4 nitrogen and oxygen atoms in total. The van der Waals surface area contributed by atoms with Crippen molar-refractivity contribution >= 4 is 0 Å². The van der Waals surface area contributed by atoms with E-state index >= 15 is 0 Å². The Labute approximate surface area is 63.8 Å². The highest BCUT2D eigenvalue weighted by molar-refractivity contribution is 5.22. The summed E-state index contributed by atoms with van der Waals surface area (Å²) < 4.78 is 0. The average molecular weight is 144 g/mol. The van der Waals surface area contributed by atoms with Crippen molar-refractivity contribution < 1.29 is 0 Å². The minimum Gasteiger partial charge on any atom is -0.240 e. The molecule has 1 aromatic heterocycles. The molecule has 1 aromatic rings. The third kappa shape index (κ3) is 1.74. The Kier molecular flexibility index (Phi) is 2.14. The zero-order valence-corrected chi connectivity index (χ0v) is 5.65. The Morgan fingerprint density at radius 1 is 1.36 bits per heavy atom. The molecule has 0 amide bonds. The second-order valence-corrected chi connectivity index (χ2v) is 1.84. The molecule has 0 spiro atoms. The lowest BCUT2D eigenvalue weighted by atomic mass is 10.3. The van der Waals surface area contributed by atoms with Crippen molar-refractivity contribution in [2.45, 2.75) is 6.42 Å². The first-order chi connectivity index (χ1) is 5.36. The number of nitrogens with zero attached hydrogens (tertiary/aromatic N) is 4. The van der Waals surface area contributed by atoms with Crippen LogP contribution >= 0.6 is 0 Å². The van der Waals surface area contributed by atoms with Gasteiger partial charge >= 0.3 is 0 Å². The predicted octanol–water partition coefficient (Wildman–Crippen LogP) is 0.414. The SMILES string of the molecule is N#CCc1cc(C#N)ncn1. The van der Waals surface area contributed by atoms with E-state index in [9.17, 15) is 0 Å². The lowest BCUT2D eigenvalue weighted by Crippen LogP contribution is -1.91. The van der Waals surface area contributed by atoms with Crippen LogP contribution in [0, 0.1) is 22.7 Å². The largest absolute Gasteiger partial charge is 0.240 e. The fourth-order valence-electron chi connectivity index (χ4n) is 0.636. The zero-order chi connectivity index (χ0) is 8.10. The van der Waals surface area contributed by atoms with Gasteiger partial charge in [0.15, 0.2) is 0 Å². The maximum atomic E-state index is 8.41. The van der Waals surface area contributed by atoms with Crippen molar-refractivity contribution in [3.05, 3.63) is 23.8 Å². The van der Waals surface area contributed by atoms with Gasteiger partial charge < -0.3 is 0 Å². The molecule has 0 aliphatic heterocycles. The van der Waals surface area contributed by atoms with Gasteiger partial charge in [-0.15, -0.1) is 0 Å². The lowest BCUT2D eigenvalue weighted by Gasteiger charge is -1.90. The highest BCUT2D eigenvalue weighted by Gasteiger charge is 1.95. The molecule has 1 heterocycles. The molecule has 0 aliphatic rings. The standard InChI is InChI=1S/C7H4N4/c8-2-1-6-3-7(4-9)11-5-10-6/h3,5H,1H2. The topological polar surface area (TPSA) is 73.4 Å². The van der Waals surface area contributed by atoms with E-state index in [1.54, 1.807) is 0 Å². The molecule has 0 saturated heterocycles. The summed E-state index contributed by atoms with van der Waals surface area (Å²) in [6.07, 6.45) is 1.50. The third-order valence-corrected chi connectivity index (χ3v) is 1.10. The molecule has 0 aromatic carbocycles. The van der Waals surface area contributed by atoms with Gasteiger partial charge in [0, 0.05) is 0 Å². The Morgan fingerprint density at radius 2 is 2.18 bits per heavy atom. The highest BCUT2D eigenvalue weighted by atomic mass is 14.8. The first-order valence-corrected chi connectivity index (χ1v) is 2.95. The van der Waals surface area contributed by atoms with Crippen molar-refractivity contribution in [2.75, 3.05) is 0 Å². The van der Waals surface area contributed by atoms with Crippen LogP contribution in [0.15, 0.2) is 12.4 Å². The number of rotatable bonds is 1. The molecule has 52 valence electrons. The fourth-order valence-corrected chi connectivity index (χ4v) is 0.636. The summed E-state index contributed by atoms with van der Waals surface area (Å²) in [5.74, 6) is 0. The molecule has 0 aliphatic carbocycles. The third-order valence-electron chi connectivity index (χ3n) is 1.10. The van der Waals surface area contributed by atoms with Gasteiger partial charge in [-0.2, -0.15) is 10.5 Å². The zero-order valence-electron chi connectivity index (χ0n) is 5.65. The normalized spacial score (nSPS) is 8.18. The molecule has 4 heteroatoms. The second kappa shape index (κ2) is 3.28. The minimum atomic E-state index is 0.219. The van der Waals surface area contributed by atoms with Crippen LogP contribution in [-0.2, 0) is 6.42 Å². The minimum absolute atomic E-state index is 0.219. The van der Waals surface area contributed by atoms with Gasteiger partial charge in [-0.25, -0.2) is 9.97 Å². The predicted molar refractivity (Wildman–Crippen MR) is 36.1 cm³/mol. The molecule has 0 saturated carbocycles. The van der Waals surface area contributed by atoms with Crippen molar-refractivity contribution in [1.82, 2.24) is 9.97 Å². The van der Waals surface area contributed by atoms with E-state index in [4.69, 9.17) is 10.5 Å². The summed E-state index contributed by atoms with van der Waals surface area (Å²) in [5.41, 5.74) is 0.879. The Morgan fingerprint density at radius 3 is 2.82 bits per heavy atom. The summed E-state index contributed by atoms with van der Waals surface area (Å²) in [6.45, 7) is 0. The van der Waals surface area contributed by atoms with Gasteiger partial charge in [-0.1, -0.05) is 0 Å². The van der Waals surface area contributed by atoms with Gasteiger partial charge in [0.1, 0.15) is 18.1 Å². The van der Waals surface area contributed by atoms with Crippen molar-refractivity contribution in [1.29, 1.82) is 10.5 Å². The van der Waals surface area contributed by atoms with Gasteiger partial charge in [-0.05, 0) is 6.07 Å². The highest BCUT2D eigenvalue weighted by Crippen LogP contribution is 1.96. The van der Waals surface area contributed by atoms with E-state index in [-0.39, 0.29) is 6.42 Å². The fraction of sp³-hybridized carbons (Fsp3) is 0.143. The lowest BCUT2D eigenvalue weighted by molar-refractivity contribution is 1.04. The van der Waals surface area contributed by atoms with Gasteiger partial charge in [0.2, 0.25) is 0 Å². The van der Waals surface area contributed by atoms with Gasteiger partial charge in [0.25, 0.3) is 0 Å². The molecule has 1 rings (SSSR count). The first kappa shape index (κ1) is 7.17. The molecule has 0 radical (unpaired) electrons. The maximum Gasteiger partial charge on any atom is 0.144 e. The summed E-state index contributed by atoms with van der Waals surface area (Å²) in [5, 5.41) is 16.7. The molecule has 0 unspecified atom stereocenters. The van der Waals surface area contributed by atoms with Crippen LogP contribution in [-0.4, -0.2) is 9.97 Å². The Balaban J connectivity index is 2.96. The van der Waals surface area contributed by atoms with Crippen LogP contribution in [0.4, 0.5) is 0 Å².